The Balaban J connectivity index is 3.80. The third-order valence-corrected chi connectivity index (χ3v) is 4.80. The summed E-state index contributed by atoms with van der Waals surface area (Å²) in [6.45, 7) is 8.06. The van der Waals surface area contributed by atoms with E-state index < -0.39 is 6.04 Å². The molecular formula is C22H41NO3. The van der Waals surface area contributed by atoms with Crippen LogP contribution < -0.4 is 0 Å². The fourth-order valence-corrected chi connectivity index (χ4v) is 2.83. The number of esters is 1. The Labute approximate surface area is 161 Å². The summed E-state index contributed by atoms with van der Waals surface area (Å²) in [5, 5.41) is 0. The number of unbranched alkanes of at least 4 members (excludes halogenated alkanes) is 8. The average Bonchev–Trinajstić information content (AvgIpc) is 2.62. The van der Waals surface area contributed by atoms with Gasteiger partial charge in [0.15, 0.2) is 0 Å². The monoisotopic (exact) mass is 367 g/mol. The fourth-order valence-electron chi connectivity index (χ4n) is 2.83. The highest BCUT2D eigenvalue weighted by Crippen LogP contribution is 2.21. The molecule has 1 unspecified atom stereocenters. The second kappa shape index (κ2) is 14.9. The summed E-state index contributed by atoms with van der Waals surface area (Å²) in [6, 6.07) is -0.489. The average molecular weight is 368 g/mol. The van der Waals surface area contributed by atoms with Crippen LogP contribution in [-0.2, 0) is 14.3 Å². The molecule has 0 aromatic rings. The van der Waals surface area contributed by atoms with Crippen LogP contribution in [0.4, 0.5) is 0 Å². The lowest BCUT2D eigenvalue weighted by atomic mass is 9.87. The number of methoxy groups -OCH3 is 1. The number of ketones is 1. The molecule has 0 amide bonds. The van der Waals surface area contributed by atoms with Crippen LogP contribution in [0.15, 0.2) is 4.99 Å². The van der Waals surface area contributed by atoms with Crippen LogP contribution in [0.25, 0.3) is 0 Å². The minimum atomic E-state index is -0.489. The third-order valence-electron chi connectivity index (χ3n) is 4.80. The summed E-state index contributed by atoms with van der Waals surface area (Å²) in [5.74, 6) is 0.00827. The zero-order valence-corrected chi connectivity index (χ0v) is 17.8. The maximum atomic E-state index is 12.1. The second-order valence-electron chi connectivity index (χ2n) is 8.08. The first-order valence-electron chi connectivity index (χ1n) is 10.5. The molecule has 0 saturated heterocycles. The largest absolute Gasteiger partial charge is 0.467 e. The highest BCUT2D eigenvalue weighted by molar-refractivity contribution is 5.80. The van der Waals surface area contributed by atoms with Gasteiger partial charge in [-0.25, -0.2) is 4.79 Å². The highest BCUT2D eigenvalue weighted by Gasteiger charge is 2.18. The quantitative estimate of drug-likeness (QED) is 0.193. The van der Waals surface area contributed by atoms with Gasteiger partial charge in [-0.3, -0.25) is 9.79 Å². The van der Waals surface area contributed by atoms with Crippen molar-refractivity contribution in [3.63, 3.8) is 0 Å². The molecule has 0 saturated carbocycles. The molecule has 0 aliphatic carbocycles. The van der Waals surface area contributed by atoms with Crippen molar-refractivity contribution in [3.05, 3.63) is 0 Å². The van der Waals surface area contributed by atoms with Crippen molar-refractivity contribution in [1.82, 2.24) is 0 Å². The molecule has 4 nitrogen and oxygen atoms in total. The Morgan fingerprint density at radius 2 is 1.50 bits per heavy atom. The minimum Gasteiger partial charge on any atom is -0.467 e. The van der Waals surface area contributed by atoms with E-state index in [-0.39, 0.29) is 11.4 Å². The van der Waals surface area contributed by atoms with E-state index in [2.05, 4.69) is 16.7 Å². The van der Waals surface area contributed by atoms with Gasteiger partial charge in [0, 0.05) is 24.5 Å². The van der Waals surface area contributed by atoms with Crippen LogP contribution >= 0.6 is 0 Å². The van der Waals surface area contributed by atoms with E-state index in [9.17, 15) is 9.59 Å². The van der Waals surface area contributed by atoms with E-state index in [0.29, 0.717) is 18.6 Å². The number of nitrogens with zero attached hydrogens (tertiary/aromatic N) is 1. The predicted octanol–water partition coefficient (Wildman–Crippen LogP) is 5.92. The van der Waals surface area contributed by atoms with Crippen LogP contribution in [0, 0.1) is 5.41 Å². The number of carbonyl (C=O) groups is 2. The van der Waals surface area contributed by atoms with Crippen molar-refractivity contribution in [2.45, 2.75) is 111 Å². The fraction of sp³-hybridized carbons (Fsp3) is 0.864. The van der Waals surface area contributed by atoms with Crippen LogP contribution in [0.2, 0.25) is 0 Å². The van der Waals surface area contributed by atoms with E-state index >= 15 is 0 Å². The maximum Gasteiger partial charge on any atom is 0.330 e. The molecule has 0 rings (SSSR count). The Morgan fingerprint density at radius 1 is 0.962 bits per heavy atom. The number of hydrogen-bond acceptors (Lipinski definition) is 4. The third kappa shape index (κ3) is 14.0. The topological polar surface area (TPSA) is 55.7 Å². The summed E-state index contributed by atoms with van der Waals surface area (Å²) in [5.41, 5.74) is -0.184. The lowest BCUT2D eigenvalue weighted by Crippen LogP contribution is -2.20. The summed E-state index contributed by atoms with van der Waals surface area (Å²) in [4.78, 5) is 27.7. The Hall–Kier alpha value is -1.19. The minimum absolute atomic E-state index is 0.184. The normalized spacial score (nSPS) is 13.1. The number of ether oxygens (including phenoxy) is 1. The summed E-state index contributed by atoms with van der Waals surface area (Å²) in [7, 11) is 1.37. The molecule has 0 aliphatic rings. The van der Waals surface area contributed by atoms with Gasteiger partial charge in [-0.05, 0) is 19.8 Å². The highest BCUT2D eigenvalue weighted by atomic mass is 16.5. The summed E-state index contributed by atoms with van der Waals surface area (Å²) >= 11 is 0. The van der Waals surface area contributed by atoms with Crippen LogP contribution in [0.5, 0.6) is 0 Å². The van der Waals surface area contributed by atoms with Crippen molar-refractivity contribution >= 4 is 18.0 Å². The first-order chi connectivity index (χ1) is 12.3. The van der Waals surface area contributed by atoms with Gasteiger partial charge in [0.2, 0.25) is 0 Å². The molecule has 0 bridgehead atoms. The molecule has 0 spiro atoms. The zero-order valence-electron chi connectivity index (χ0n) is 17.8. The van der Waals surface area contributed by atoms with Crippen molar-refractivity contribution in [2.24, 2.45) is 10.4 Å². The molecule has 26 heavy (non-hydrogen) atoms. The molecule has 0 aromatic heterocycles. The molecule has 0 N–H and O–H groups in total. The molecule has 152 valence electrons. The van der Waals surface area contributed by atoms with Gasteiger partial charge in [-0.1, -0.05) is 72.1 Å². The van der Waals surface area contributed by atoms with Crippen molar-refractivity contribution < 1.29 is 14.3 Å². The van der Waals surface area contributed by atoms with Crippen LogP contribution in [0.1, 0.15) is 105 Å². The molecule has 0 aromatic carbocycles. The lowest BCUT2D eigenvalue weighted by molar-refractivity contribution is -0.141. The number of hydrogen-bond donors (Lipinski definition) is 0. The first-order valence-corrected chi connectivity index (χ1v) is 10.5. The SMILES string of the molecule is CCCCCCCCCCCC(=O)CCC(C)(C)/C=N/C(C)C(=O)OC. The van der Waals surface area contributed by atoms with Gasteiger partial charge < -0.3 is 4.74 Å². The Kier molecular flexibility index (Phi) is 14.2. The molecular weight excluding hydrogens is 326 g/mol. The second-order valence-corrected chi connectivity index (χ2v) is 8.08. The number of rotatable bonds is 16. The molecule has 0 radical (unpaired) electrons. The first kappa shape index (κ1) is 24.8. The van der Waals surface area contributed by atoms with Gasteiger partial charge in [0.05, 0.1) is 7.11 Å². The van der Waals surface area contributed by atoms with Gasteiger partial charge in [-0.15, -0.1) is 0 Å². The molecule has 0 aliphatic heterocycles. The molecule has 4 heteroatoms. The summed E-state index contributed by atoms with van der Waals surface area (Å²) < 4.78 is 4.67. The van der Waals surface area contributed by atoms with Gasteiger partial charge >= 0.3 is 5.97 Å². The van der Waals surface area contributed by atoms with E-state index in [1.54, 1.807) is 13.1 Å². The van der Waals surface area contributed by atoms with Gasteiger partial charge in [0.25, 0.3) is 0 Å². The van der Waals surface area contributed by atoms with E-state index in [4.69, 9.17) is 0 Å². The van der Waals surface area contributed by atoms with Crippen molar-refractivity contribution in [3.8, 4) is 0 Å². The maximum absolute atomic E-state index is 12.1. The van der Waals surface area contributed by atoms with Gasteiger partial charge in [-0.2, -0.15) is 0 Å². The number of Topliss-reactive ketones (excluding diaryl/α,β-unsaturated/α-hetero) is 1. The standard InChI is InChI=1S/C22H41NO3/c1-6-7-8-9-10-11-12-13-14-15-20(24)16-17-22(3,4)18-23-19(2)21(25)26-5/h18-19H,6-17H2,1-5H3/b23-18+. The lowest BCUT2D eigenvalue weighted by Gasteiger charge is -2.19. The smallest absolute Gasteiger partial charge is 0.330 e. The number of carbonyl (C=O) groups excluding carboxylic acids is 2. The number of aliphatic imine (C=N–C) groups is 1. The Morgan fingerprint density at radius 3 is 2.04 bits per heavy atom. The zero-order chi connectivity index (χ0) is 19.8. The predicted molar refractivity (Wildman–Crippen MR) is 110 cm³/mol. The van der Waals surface area contributed by atoms with E-state index in [0.717, 1.165) is 12.8 Å². The van der Waals surface area contributed by atoms with E-state index in [1.165, 1.54) is 58.5 Å². The summed E-state index contributed by atoms with van der Waals surface area (Å²) in [6.07, 6.45) is 15.3. The van der Waals surface area contributed by atoms with Crippen molar-refractivity contribution in [2.75, 3.05) is 7.11 Å². The van der Waals surface area contributed by atoms with Crippen LogP contribution in [-0.4, -0.2) is 31.1 Å². The Bertz CT molecular complexity index is 416. The van der Waals surface area contributed by atoms with E-state index in [1.807, 2.05) is 13.8 Å². The molecule has 0 heterocycles. The van der Waals surface area contributed by atoms with Crippen molar-refractivity contribution in [1.29, 1.82) is 0 Å². The molecule has 0 fully saturated rings. The van der Waals surface area contributed by atoms with Gasteiger partial charge in [0.1, 0.15) is 11.8 Å². The van der Waals surface area contributed by atoms with Crippen LogP contribution in [0.3, 0.4) is 0 Å². The molecule has 1 atom stereocenters.